The number of carbonyl (C=O) groups excluding carboxylic acids is 1. The molecule has 0 aromatic heterocycles. The minimum Gasteiger partial charge on any atom is -0.508 e. The third-order valence-electron chi connectivity index (χ3n) is 2.66. The van der Waals surface area contributed by atoms with Crippen LogP contribution in [0.5, 0.6) is 5.75 Å². The molecule has 0 unspecified atom stereocenters. The third kappa shape index (κ3) is 2.93. The highest BCUT2D eigenvalue weighted by Gasteiger charge is 2.12. The van der Waals surface area contributed by atoms with Crippen molar-refractivity contribution in [2.75, 3.05) is 5.32 Å². The molecule has 2 aromatic rings. The summed E-state index contributed by atoms with van der Waals surface area (Å²) in [6, 6.07) is 8.90. The molecule has 0 radical (unpaired) electrons. The first kappa shape index (κ1) is 13.5. The van der Waals surface area contributed by atoms with Crippen molar-refractivity contribution in [1.29, 1.82) is 0 Å². The fourth-order valence-corrected chi connectivity index (χ4v) is 2.04. The Balaban J connectivity index is 2.28. The monoisotopic (exact) mass is 323 g/mol. The Morgan fingerprint density at radius 1 is 1.32 bits per heavy atom. The second-order valence-electron chi connectivity index (χ2n) is 4.05. The molecule has 2 aromatic carbocycles. The number of phenolic OH excluding ortho intramolecular Hbond substituents is 1. The summed E-state index contributed by atoms with van der Waals surface area (Å²) in [7, 11) is 0. The highest BCUT2D eigenvalue weighted by Crippen LogP contribution is 2.26. The van der Waals surface area contributed by atoms with Gasteiger partial charge >= 0.3 is 0 Å². The molecule has 3 nitrogen and oxygen atoms in total. The van der Waals surface area contributed by atoms with Gasteiger partial charge < -0.3 is 10.4 Å². The molecule has 0 bridgehead atoms. The Kier molecular flexibility index (Phi) is 3.85. The van der Waals surface area contributed by atoms with Crippen LogP contribution >= 0.6 is 15.9 Å². The van der Waals surface area contributed by atoms with E-state index < -0.39 is 11.7 Å². The number of phenols is 1. The number of hydrogen-bond donors (Lipinski definition) is 2. The van der Waals surface area contributed by atoms with Gasteiger partial charge in [-0.15, -0.1) is 0 Å². The van der Waals surface area contributed by atoms with Crippen molar-refractivity contribution in [3.8, 4) is 5.75 Å². The van der Waals surface area contributed by atoms with E-state index in [1.807, 2.05) is 0 Å². The second-order valence-corrected chi connectivity index (χ2v) is 4.91. The third-order valence-corrected chi connectivity index (χ3v) is 3.32. The highest BCUT2D eigenvalue weighted by molar-refractivity contribution is 9.10. The van der Waals surface area contributed by atoms with E-state index in [2.05, 4.69) is 21.2 Å². The Labute approximate surface area is 118 Å². The average Bonchev–Trinajstić information content (AvgIpc) is 2.37. The maximum absolute atomic E-state index is 13.6. The number of para-hydroxylation sites is 1. The lowest BCUT2D eigenvalue weighted by molar-refractivity contribution is 0.102. The topological polar surface area (TPSA) is 49.3 Å². The van der Waals surface area contributed by atoms with E-state index in [1.165, 1.54) is 18.2 Å². The number of rotatable bonds is 2. The van der Waals surface area contributed by atoms with Gasteiger partial charge in [0.05, 0.1) is 5.69 Å². The van der Waals surface area contributed by atoms with Gasteiger partial charge in [0.2, 0.25) is 0 Å². The predicted octanol–water partition coefficient (Wildman–Crippen LogP) is 3.85. The Morgan fingerprint density at radius 3 is 2.68 bits per heavy atom. The summed E-state index contributed by atoms with van der Waals surface area (Å²) in [4.78, 5) is 12.0. The zero-order valence-electron chi connectivity index (χ0n) is 10.1. The number of aryl methyl sites for hydroxylation is 1. The minimum atomic E-state index is -0.516. The minimum absolute atomic E-state index is 0.0956. The van der Waals surface area contributed by atoms with Crippen LogP contribution in [0.1, 0.15) is 15.9 Å². The molecule has 0 spiro atoms. The first-order valence-electron chi connectivity index (χ1n) is 5.54. The lowest BCUT2D eigenvalue weighted by Crippen LogP contribution is -2.13. The number of aromatic hydroxyl groups is 1. The van der Waals surface area contributed by atoms with Crippen molar-refractivity contribution in [3.63, 3.8) is 0 Å². The number of halogens is 2. The van der Waals surface area contributed by atoms with Gasteiger partial charge in [-0.05, 0) is 58.7 Å². The number of nitrogens with one attached hydrogen (secondary N) is 1. The van der Waals surface area contributed by atoms with E-state index in [0.29, 0.717) is 15.6 Å². The zero-order valence-corrected chi connectivity index (χ0v) is 11.7. The molecule has 2 rings (SSSR count). The molecule has 0 saturated carbocycles. The summed E-state index contributed by atoms with van der Waals surface area (Å²) in [6.07, 6.45) is 0. The summed E-state index contributed by atoms with van der Waals surface area (Å²) in [5, 5.41) is 11.9. The summed E-state index contributed by atoms with van der Waals surface area (Å²) in [5.74, 6) is -0.837. The molecule has 0 heterocycles. The van der Waals surface area contributed by atoms with Crippen LogP contribution < -0.4 is 5.32 Å². The largest absolute Gasteiger partial charge is 0.508 e. The van der Waals surface area contributed by atoms with Gasteiger partial charge in [0.1, 0.15) is 11.6 Å². The van der Waals surface area contributed by atoms with Crippen molar-refractivity contribution in [2.45, 2.75) is 6.92 Å². The molecule has 0 aliphatic carbocycles. The van der Waals surface area contributed by atoms with Gasteiger partial charge in [0, 0.05) is 10.0 Å². The molecule has 0 fully saturated rings. The Hall–Kier alpha value is -1.88. The van der Waals surface area contributed by atoms with Crippen LogP contribution in [-0.2, 0) is 0 Å². The van der Waals surface area contributed by atoms with Crippen LogP contribution in [-0.4, -0.2) is 11.0 Å². The van der Waals surface area contributed by atoms with E-state index >= 15 is 0 Å². The standard InChI is InChI=1S/C14H11BrFNO2/c1-8-7-9(5-6-12(8)18)14(19)17-13-10(15)3-2-4-11(13)16/h2-7,18H,1H3,(H,17,19). The quantitative estimate of drug-likeness (QED) is 0.881. The lowest BCUT2D eigenvalue weighted by Gasteiger charge is -2.09. The van der Waals surface area contributed by atoms with Gasteiger partial charge in [0.15, 0.2) is 0 Å². The number of hydrogen-bond acceptors (Lipinski definition) is 2. The van der Waals surface area contributed by atoms with Gasteiger partial charge in [-0.2, -0.15) is 0 Å². The maximum Gasteiger partial charge on any atom is 0.255 e. The van der Waals surface area contributed by atoms with Crippen molar-refractivity contribution in [2.24, 2.45) is 0 Å². The molecule has 2 N–H and O–H groups in total. The number of carbonyl (C=O) groups is 1. The average molecular weight is 324 g/mol. The fourth-order valence-electron chi connectivity index (χ4n) is 1.60. The van der Waals surface area contributed by atoms with Crippen LogP contribution in [0.2, 0.25) is 0 Å². The molecule has 0 aliphatic heterocycles. The molecule has 5 heteroatoms. The van der Waals surface area contributed by atoms with Crippen molar-refractivity contribution in [1.82, 2.24) is 0 Å². The number of anilines is 1. The van der Waals surface area contributed by atoms with Gasteiger partial charge in [0.25, 0.3) is 5.91 Å². The van der Waals surface area contributed by atoms with Gasteiger partial charge in [-0.25, -0.2) is 4.39 Å². The molecule has 0 saturated heterocycles. The van der Waals surface area contributed by atoms with Crippen LogP contribution in [0.4, 0.5) is 10.1 Å². The van der Waals surface area contributed by atoms with Crippen molar-refractivity contribution < 1.29 is 14.3 Å². The van der Waals surface area contributed by atoms with Crippen LogP contribution in [0, 0.1) is 12.7 Å². The zero-order chi connectivity index (χ0) is 14.0. The summed E-state index contributed by atoms with van der Waals surface area (Å²) < 4.78 is 14.1. The fraction of sp³-hybridized carbons (Fsp3) is 0.0714. The summed E-state index contributed by atoms with van der Waals surface area (Å²) >= 11 is 3.18. The van der Waals surface area contributed by atoms with Crippen LogP contribution in [0.15, 0.2) is 40.9 Å². The van der Waals surface area contributed by atoms with Crippen LogP contribution in [0.3, 0.4) is 0 Å². The first-order chi connectivity index (χ1) is 8.99. The van der Waals surface area contributed by atoms with E-state index in [9.17, 15) is 14.3 Å². The predicted molar refractivity (Wildman–Crippen MR) is 74.9 cm³/mol. The van der Waals surface area contributed by atoms with E-state index in [1.54, 1.807) is 25.1 Å². The normalized spacial score (nSPS) is 10.3. The van der Waals surface area contributed by atoms with Gasteiger partial charge in [-0.3, -0.25) is 4.79 Å². The van der Waals surface area contributed by atoms with Crippen molar-refractivity contribution in [3.05, 3.63) is 57.8 Å². The molecule has 1 amide bonds. The molecule has 19 heavy (non-hydrogen) atoms. The smallest absolute Gasteiger partial charge is 0.255 e. The number of benzene rings is 2. The summed E-state index contributed by atoms with van der Waals surface area (Å²) in [5.41, 5.74) is 1.03. The molecule has 98 valence electrons. The molecular formula is C14H11BrFNO2. The number of amides is 1. The lowest BCUT2D eigenvalue weighted by atomic mass is 10.1. The van der Waals surface area contributed by atoms with E-state index in [-0.39, 0.29) is 11.4 Å². The van der Waals surface area contributed by atoms with E-state index in [4.69, 9.17) is 0 Å². The SMILES string of the molecule is Cc1cc(C(=O)Nc2c(F)cccc2Br)ccc1O. The molecular weight excluding hydrogens is 313 g/mol. The first-order valence-corrected chi connectivity index (χ1v) is 6.33. The summed E-state index contributed by atoms with van der Waals surface area (Å²) in [6.45, 7) is 1.69. The Morgan fingerprint density at radius 2 is 2.05 bits per heavy atom. The molecule has 0 aliphatic rings. The highest BCUT2D eigenvalue weighted by atomic mass is 79.9. The second kappa shape index (κ2) is 5.40. The Bertz CT molecular complexity index is 623. The van der Waals surface area contributed by atoms with Crippen LogP contribution in [0.25, 0.3) is 0 Å². The molecule has 0 atom stereocenters. The van der Waals surface area contributed by atoms with E-state index in [0.717, 1.165) is 0 Å². The van der Waals surface area contributed by atoms with Gasteiger partial charge in [-0.1, -0.05) is 6.07 Å². The maximum atomic E-state index is 13.6. The van der Waals surface area contributed by atoms with Crippen molar-refractivity contribution >= 4 is 27.5 Å².